The van der Waals surface area contributed by atoms with Gasteiger partial charge in [0.05, 0.1) is 11.9 Å². The lowest BCUT2D eigenvalue weighted by Crippen LogP contribution is -2.35. The molecule has 0 radical (unpaired) electrons. The third kappa shape index (κ3) is 4.17. The van der Waals surface area contributed by atoms with E-state index in [1.54, 1.807) is 37.7 Å². The number of carboxylic acid groups (broad SMARTS) is 1. The molecule has 0 aliphatic rings. The molecule has 0 aliphatic heterocycles. The van der Waals surface area contributed by atoms with Crippen molar-refractivity contribution in [2.24, 2.45) is 0 Å². The summed E-state index contributed by atoms with van der Waals surface area (Å²) < 4.78 is 1.31. The SMILES string of the molecule is CC(C)Sc1ccc(C(=O)Nc2cnn(C(C)(C)C(=O)O)c2)cc1. The maximum Gasteiger partial charge on any atom is 0.331 e. The number of benzene rings is 1. The number of carboxylic acids is 1. The van der Waals surface area contributed by atoms with Crippen LogP contribution in [0.3, 0.4) is 0 Å². The summed E-state index contributed by atoms with van der Waals surface area (Å²) in [4.78, 5) is 24.6. The number of anilines is 1. The third-order valence-electron chi connectivity index (χ3n) is 3.42. The van der Waals surface area contributed by atoms with Gasteiger partial charge in [0.25, 0.3) is 5.91 Å². The number of thioether (sulfide) groups is 1. The Morgan fingerprint density at radius 1 is 1.25 bits per heavy atom. The highest BCUT2D eigenvalue weighted by Crippen LogP contribution is 2.23. The molecule has 2 rings (SSSR count). The van der Waals surface area contributed by atoms with Crippen LogP contribution in [0.1, 0.15) is 38.1 Å². The topological polar surface area (TPSA) is 84.2 Å². The average Bonchev–Trinajstić information content (AvgIpc) is 2.96. The summed E-state index contributed by atoms with van der Waals surface area (Å²) in [5.74, 6) is -1.26. The van der Waals surface area contributed by atoms with Crippen LogP contribution in [0.2, 0.25) is 0 Å². The predicted molar refractivity (Wildman–Crippen MR) is 94.6 cm³/mol. The second-order valence-electron chi connectivity index (χ2n) is 6.18. The lowest BCUT2D eigenvalue weighted by Gasteiger charge is -2.19. The molecule has 1 aromatic carbocycles. The monoisotopic (exact) mass is 347 g/mol. The van der Waals surface area contributed by atoms with Crippen LogP contribution in [0.5, 0.6) is 0 Å². The molecule has 24 heavy (non-hydrogen) atoms. The van der Waals surface area contributed by atoms with Crippen molar-refractivity contribution in [3.63, 3.8) is 0 Å². The third-order valence-corrected chi connectivity index (χ3v) is 4.44. The number of hydrogen-bond donors (Lipinski definition) is 2. The van der Waals surface area contributed by atoms with Gasteiger partial charge in [-0.2, -0.15) is 5.10 Å². The zero-order chi connectivity index (χ0) is 17.9. The molecule has 0 saturated heterocycles. The van der Waals surface area contributed by atoms with Gasteiger partial charge < -0.3 is 10.4 Å². The molecule has 0 bridgehead atoms. The molecular weight excluding hydrogens is 326 g/mol. The lowest BCUT2D eigenvalue weighted by molar-refractivity contribution is -0.146. The van der Waals surface area contributed by atoms with Gasteiger partial charge in [0.15, 0.2) is 5.54 Å². The molecule has 2 aromatic rings. The first-order valence-corrected chi connectivity index (χ1v) is 8.44. The van der Waals surface area contributed by atoms with Crippen LogP contribution < -0.4 is 5.32 Å². The maximum atomic E-state index is 12.3. The van der Waals surface area contributed by atoms with E-state index in [0.717, 1.165) is 4.90 Å². The van der Waals surface area contributed by atoms with Gasteiger partial charge in [0.1, 0.15) is 0 Å². The number of aromatic nitrogens is 2. The summed E-state index contributed by atoms with van der Waals surface area (Å²) in [6.07, 6.45) is 2.95. The van der Waals surface area contributed by atoms with Crippen molar-refractivity contribution >= 4 is 29.3 Å². The number of hydrogen-bond acceptors (Lipinski definition) is 4. The largest absolute Gasteiger partial charge is 0.479 e. The van der Waals surface area contributed by atoms with Gasteiger partial charge in [-0.3, -0.25) is 9.48 Å². The Hall–Kier alpha value is -2.28. The van der Waals surface area contributed by atoms with E-state index in [4.69, 9.17) is 0 Å². The Labute approximate surface area is 145 Å². The number of rotatable bonds is 6. The molecule has 0 atom stereocenters. The van der Waals surface area contributed by atoms with E-state index in [2.05, 4.69) is 24.3 Å². The fraction of sp³-hybridized carbons (Fsp3) is 0.353. The van der Waals surface area contributed by atoms with Crippen LogP contribution in [0.15, 0.2) is 41.6 Å². The van der Waals surface area contributed by atoms with Gasteiger partial charge >= 0.3 is 5.97 Å². The average molecular weight is 347 g/mol. The van der Waals surface area contributed by atoms with Gasteiger partial charge in [0.2, 0.25) is 0 Å². The second-order valence-corrected chi connectivity index (χ2v) is 7.83. The Bertz CT molecular complexity index is 736. The first-order chi connectivity index (χ1) is 11.2. The van der Waals surface area contributed by atoms with E-state index >= 15 is 0 Å². The second kappa shape index (κ2) is 7.09. The van der Waals surface area contributed by atoms with Gasteiger partial charge in [0, 0.05) is 21.9 Å². The molecule has 7 heteroatoms. The number of nitrogens with zero attached hydrogens (tertiary/aromatic N) is 2. The Balaban J connectivity index is 2.07. The van der Waals surface area contributed by atoms with E-state index in [0.29, 0.717) is 16.5 Å². The highest BCUT2D eigenvalue weighted by atomic mass is 32.2. The normalized spacial score (nSPS) is 11.5. The minimum Gasteiger partial charge on any atom is -0.479 e. The van der Waals surface area contributed by atoms with Gasteiger partial charge in [-0.1, -0.05) is 13.8 Å². The number of nitrogens with one attached hydrogen (secondary N) is 1. The quantitative estimate of drug-likeness (QED) is 0.782. The summed E-state index contributed by atoms with van der Waals surface area (Å²) in [6.45, 7) is 7.31. The smallest absolute Gasteiger partial charge is 0.331 e. The molecule has 0 unspecified atom stereocenters. The molecule has 128 valence electrons. The molecule has 0 spiro atoms. The highest BCUT2D eigenvalue weighted by Gasteiger charge is 2.30. The summed E-state index contributed by atoms with van der Waals surface area (Å²) in [5.41, 5.74) is -0.193. The molecule has 1 aromatic heterocycles. The molecule has 1 amide bonds. The van der Waals surface area contributed by atoms with Crippen LogP contribution in [0.25, 0.3) is 0 Å². The number of carbonyl (C=O) groups excluding carboxylic acids is 1. The lowest BCUT2D eigenvalue weighted by atomic mass is 10.1. The fourth-order valence-electron chi connectivity index (χ4n) is 1.95. The van der Waals surface area contributed by atoms with Gasteiger partial charge in [-0.05, 0) is 38.1 Å². The van der Waals surface area contributed by atoms with Crippen molar-refractivity contribution in [1.29, 1.82) is 0 Å². The number of amides is 1. The zero-order valence-corrected chi connectivity index (χ0v) is 14.9. The summed E-state index contributed by atoms with van der Waals surface area (Å²) in [7, 11) is 0. The first-order valence-electron chi connectivity index (χ1n) is 7.57. The Morgan fingerprint density at radius 2 is 1.88 bits per heavy atom. The van der Waals surface area contributed by atoms with Crippen molar-refractivity contribution in [1.82, 2.24) is 9.78 Å². The van der Waals surface area contributed by atoms with E-state index in [-0.39, 0.29) is 5.91 Å². The van der Waals surface area contributed by atoms with E-state index in [1.807, 2.05) is 12.1 Å². The van der Waals surface area contributed by atoms with Crippen LogP contribution in [0, 0.1) is 0 Å². The molecular formula is C17H21N3O3S. The van der Waals surface area contributed by atoms with E-state index in [1.165, 1.54) is 17.1 Å². The minimum absolute atomic E-state index is 0.260. The fourth-order valence-corrected chi connectivity index (χ4v) is 2.79. The minimum atomic E-state index is -1.18. The molecule has 6 nitrogen and oxygen atoms in total. The Morgan fingerprint density at radius 3 is 2.42 bits per heavy atom. The number of carbonyl (C=O) groups is 2. The first kappa shape index (κ1) is 18.1. The van der Waals surface area contributed by atoms with E-state index in [9.17, 15) is 14.7 Å². The van der Waals surface area contributed by atoms with Crippen molar-refractivity contribution in [3.05, 3.63) is 42.2 Å². The van der Waals surface area contributed by atoms with Gasteiger partial charge in [-0.25, -0.2) is 4.79 Å². The van der Waals surface area contributed by atoms with Crippen LogP contribution >= 0.6 is 11.8 Å². The van der Waals surface area contributed by atoms with Crippen LogP contribution in [0.4, 0.5) is 5.69 Å². The van der Waals surface area contributed by atoms with Crippen molar-refractivity contribution in [2.75, 3.05) is 5.32 Å². The van der Waals surface area contributed by atoms with Crippen LogP contribution in [-0.2, 0) is 10.3 Å². The summed E-state index contributed by atoms with van der Waals surface area (Å²) >= 11 is 1.73. The van der Waals surface area contributed by atoms with E-state index < -0.39 is 11.5 Å². The van der Waals surface area contributed by atoms with Crippen molar-refractivity contribution in [2.45, 2.75) is 43.4 Å². The molecule has 0 saturated carbocycles. The molecule has 0 aliphatic carbocycles. The van der Waals surface area contributed by atoms with Gasteiger partial charge in [-0.15, -0.1) is 11.8 Å². The zero-order valence-electron chi connectivity index (χ0n) is 14.1. The van der Waals surface area contributed by atoms with Crippen LogP contribution in [-0.4, -0.2) is 32.0 Å². The summed E-state index contributed by atoms with van der Waals surface area (Å²) in [5, 5.41) is 16.4. The molecule has 2 N–H and O–H groups in total. The number of aliphatic carboxylic acids is 1. The van der Waals surface area contributed by atoms with Crippen molar-refractivity contribution in [3.8, 4) is 0 Å². The maximum absolute atomic E-state index is 12.3. The highest BCUT2D eigenvalue weighted by molar-refractivity contribution is 7.99. The molecule has 0 fully saturated rings. The molecule has 1 heterocycles. The summed E-state index contributed by atoms with van der Waals surface area (Å²) in [6, 6.07) is 7.37. The van der Waals surface area contributed by atoms with Crippen molar-refractivity contribution < 1.29 is 14.7 Å². The predicted octanol–water partition coefficient (Wildman–Crippen LogP) is 3.46. The standard InChI is InChI=1S/C17H21N3O3S/c1-11(2)24-14-7-5-12(6-8-14)15(21)19-13-9-18-20(10-13)17(3,4)16(22)23/h5-11H,1-4H3,(H,19,21)(H,22,23). The Kier molecular flexibility index (Phi) is 5.33.